The molecule has 2 aromatic rings. The van der Waals surface area contributed by atoms with E-state index >= 15 is 0 Å². The van der Waals surface area contributed by atoms with Crippen molar-refractivity contribution in [1.29, 1.82) is 0 Å². The molecular formula is C22H20F6O5S. The van der Waals surface area contributed by atoms with Crippen LogP contribution >= 0.6 is 11.8 Å². The zero-order valence-corrected chi connectivity index (χ0v) is 19.0. The number of ether oxygens (including phenoxy) is 2. The van der Waals surface area contributed by atoms with E-state index in [1.807, 2.05) is 0 Å². The van der Waals surface area contributed by atoms with Crippen molar-refractivity contribution in [1.82, 2.24) is 0 Å². The molecular weight excluding hydrogens is 490 g/mol. The van der Waals surface area contributed by atoms with Crippen LogP contribution in [0.4, 0.5) is 26.3 Å². The molecule has 5 nitrogen and oxygen atoms in total. The fourth-order valence-corrected chi connectivity index (χ4v) is 3.92. The van der Waals surface area contributed by atoms with Gasteiger partial charge in [0.05, 0.1) is 0 Å². The Balaban J connectivity index is 2.43. The molecule has 1 atom stereocenters. The molecule has 1 unspecified atom stereocenters. The molecule has 2 aromatic carbocycles. The summed E-state index contributed by atoms with van der Waals surface area (Å²) in [5, 5.41) is 10.6. The van der Waals surface area contributed by atoms with E-state index in [0.29, 0.717) is 4.90 Å². The topological polar surface area (TPSA) is 72.8 Å². The van der Waals surface area contributed by atoms with Gasteiger partial charge in [0, 0.05) is 22.6 Å². The van der Waals surface area contributed by atoms with E-state index in [9.17, 15) is 41.0 Å². The predicted molar refractivity (Wildman–Crippen MR) is 111 cm³/mol. The van der Waals surface area contributed by atoms with Crippen molar-refractivity contribution >= 4 is 23.7 Å². The van der Waals surface area contributed by atoms with Crippen LogP contribution in [0.1, 0.15) is 22.3 Å². The zero-order chi connectivity index (χ0) is 25.8. The van der Waals surface area contributed by atoms with Gasteiger partial charge in [0.25, 0.3) is 0 Å². The first-order chi connectivity index (χ1) is 15.6. The highest BCUT2D eigenvalue weighted by atomic mass is 32.2. The van der Waals surface area contributed by atoms with Crippen molar-refractivity contribution < 1.29 is 50.5 Å². The molecule has 0 bridgehead atoms. The third kappa shape index (κ3) is 6.81. The van der Waals surface area contributed by atoms with Crippen LogP contribution in [0.3, 0.4) is 0 Å². The molecule has 0 aliphatic heterocycles. The van der Waals surface area contributed by atoms with E-state index in [4.69, 9.17) is 0 Å². The Labute approximate surface area is 195 Å². The van der Waals surface area contributed by atoms with Crippen LogP contribution in [0, 0.1) is 20.8 Å². The van der Waals surface area contributed by atoms with E-state index in [1.165, 1.54) is 20.8 Å². The monoisotopic (exact) mass is 510 g/mol. The second kappa shape index (κ2) is 10.6. The predicted octanol–water partition coefficient (Wildman–Crippen LogP) is 5.59. The van der Waals surface area contributed by atoms with Gasteiger partial charge in [-0.15, -0.1) is 11.8 Å². The number of esters is 2. The molecule has 0 aliphatic carbocycles. The summed E-state index contributed by atoms with van der Waals surface area (Å²) in [5.74, 6) is -6.00. The quantitative estimate of drug-likeness (QED) is 0.227. The number of carbonyl (C=O) groups excluding carboxylic acids is 2. The summed E-state index contributed by atoms with van der Waals surface area (Å²) in [6.07, 6.45) is -12.5. The van der Waals surface area contributed by atoms with E-state index < -0.39 is 48.3 Å². The minimum absolute atomic E-state index is 0.0406. The summed E-state index contributed by atoms with van der Waals surface area (Å²) in [6.45, 7) is 3.90. The standard InChI is InChI=1S/C22H20F6O5S/c1-11-12(2)18(33-20(31)22(26,27)28)13(3)16(17(11)29)9-14(32-19(30)21(23,24)25)10-34-15-7-5-4-6-8-15/h4-8,14,29H,9-10H2,1-3H3. The minimum Gasteiger partial charge on any atom is -0.507 e. The van der Waals surface area contributed by atoms with Gasteiger partial charge in [-0.05, 0) is 49.6 Å². The lowest BCUT2D eigenvalue weighted by Crippen LogP contribution is -2.32. The molecule has 12 heteroatoms. The number of halogens is 6. The lowest BCUT2D eigenvalue weighted by atomic mass is 9.94. The summed E-state index contributed by atoms with van der Waals surface area (Å²) in [7, 11) is 0. The number of thioether (sulfide) groups is 1. The highest BCUT2D eigenvalue weighted by Gasteiger charge is 2.43. The number of benzene rings is 2. The Kier molecular flexibility index (Phi) is 8.51. The van der Waals surface area contributed by atoms with E-state index in [-0.39, 0.29) is 28.0 Å². The smallest absolute Gasteiger partial charge is 0.491 e. The summed E-state index contributed by atoms with van der Waals surface area (Å²) in [6, 6.07) is 8.48. The van der Waals surface area contributed by atoms with Crippen molar-refractivity contribution in [3.8, 4) is 11.5 Å². The zero-order valence-electron chi connectivity index (χ0n) is 18.1. The van der Waals surface area contributed by atoms with Gasteiger partial charge in [-0.3, -0.25) is 0 Å². The van der Waals surface area contributed by atoms with Crippen molar-refractivity contribution in [2.75, 3.05) is 5.75 Å². The molecule has 0 fully saturated rings. The van der Waals surface area contributed by atoms with Crippen LogP contribution in [0.15, 0.2) is 35.2 Å². The van der Waals surface area contributed by atoms with Gasteiger partial charge in [0.2, 0.25) is 0 Å². The van der Waals surface area contributed by atoms with Gasteiger partial charge >= 0.3 is 24.3 Å². The fraction of sp³-hybridized carbons (Fsp3) is 0.364. The van der Waals surface area contributed by atoms with Crippen LogP contribution in [0.25, 0.3) is 0 Å². The Hall–Kier alpha value is -2.89. The van der Waals surface area contributed by atoms with Gasteiger partial charge in [0.1, 0.15) is 17.6 Å². The molecule has 34 heavy (non-hydrogen) atoms. The maximum Gasteiger partial charge on any atom is 0.491 e. The first-order valence-corrected chi connectivity index (χ1v) is 10.7. The molecule has 0 aromatic heterocycles. The highest BCUT2D eigenvalue weighted by Crippen LogP contribution is 2.39. The molecule has 186 valence electrons. The number of rotatable bonds is 7. The number of alkyl halides is 6. The molecule has 0 saturated carbocycles. The van der Waals surface area contributed by atoms with Gasteiger partial charge < -0.3 is 14.6 Å². The maximum absolute atomic E-state index is 12.8. The second-order valence-corrected chi connectivity index (χ2v) is 8.37. The van der Waals surface area contributed by atoms with Gasteiger partial charge in [-0.2, -0.15) is 26.3 Å². The Morgan fingerprint density at radius 1 is 0.912 bits per heavy atom. The summed E-state index contributed by atoms with van der Waals surface area (Å²) >= 11 is 1.08. The average molecular weight is 510 g/mol. The van der Waals surface area contributed by atoms with Gasteiger partial charge in [0.15, 0.2) is 0 Å². The summed E-state index contributed by atoms with van der Waals surface area (Å²) in [5.41, 5.74) is -0.112. The largest absolute Gasteiger partial charge is 0.507 e. The fourth-order valence-electron chi connectivity index (χ4n) is 3.01. The molecule has 0 saturated heterocycles. The third-order valence-corrected chi connectivity index (χ3v) is 6.02. The lowest BCUT2D eigenvalue weighted by Gasteiger charge is -2.23. The SMILES string of the molecule is Cc1c(C)c(OC(=O)C(F)(F)F)c(C)c(CC(CSc2ccccc2)OC(=O)C(F)(F)F)c1O. The van der Waals surface area contributed by atoms with Crippen molar-refractivity contribution in [2.45, 2.75) is 50.5 Å². The molecule has 0 aliphatic rings. The van der Waals surface area contributed by atoms with Crippen LogP contribution in [-0.4, -0.2) is 41.3 Å². The second-order valence-electron chi connectivity index (χ2n) is 7.27. The number of hydrogen-bond donors (Lipinski definition) is 1. The van der Waals surface area contributed by atoms with Gasteiger partial charge in [-0.1, -0.05) is 18.2 Å². The maximum atomic E-state index is 12.8. The first kappa shape index (κ1) is 27.4. The molecule has 2 rings (SSSR count). The number of carbonyl (C=O) groups is 2. The average Bonchev–Trinajstić information content (AvgIpc) is 2.75. The number of phenols is 1. The van der Waals surface area contributed by atoms with E-state index in [2.05, 4.69) is 9.47 Å². The van der Waals surface area contributed by atoms with Crippen LogP contribution in [-0.2, 0) is 20.7 Å². The van der Waals surface area contributed by atoms with Crippen molar-refractivity contribution in [3.05, 3.63) is 52.6 Å². The van der Waals surface area contributed by atoms with Gasteiger partial charge in [-0.25, -0.2) is 9.59 Å². The van der Waals surface area contributed by atoms with E-state index in [1.54, 1.807) is 30.3 Å². The van der Waals surface area contributed by atoms with Crippen LogP contribution < -0.4 is 4.74 Å². The summed E-state index contributed by atoms with van der Waals surface area (Å²) < 4.78 is 85.7. The Bertz CT molecular complexity index is 1050. The normalized spacial score (nSPS) is 12.9. The van der Waals surface area contributed by atoms with Crippen LogP contribution in [0.2, 0.25) is 0 Å². The molecule has 0 spiro atoms. The Morgan fingerprint density at radius 2 is 1.47 bits per heavy atom. The molecule has 0 heterocycles. The minimum atomic E-state index is -5.29. The lowest BCUT2D eigenvalue weighted by molar-refractivity contribution is -0.203. The number of aromatic hydroxyl groups is 1. The van der Waals surface area contributed by atoms with E-state index in [0.717, 1.165) is 11.8 Å². The first-order valence-electron chi connectivity index (χ1n) is 9.69. The van der Waals surface area contributed by atoms with Crippen molar-refractivity contribution in [2.24, 2.45) is 0 Å². The third-order valence-electron chi connectivity index (χ3n) is 4.88. The molecule has 1 N–H and O–H groups in total. The Morgan fingerprint density at radius 3 is 2.00 bits per heavy atom. The number of phenolic OH excluding ortho intramolecular Hbond substituents is 1. The number of hydrogen-bond acceptors (Lipinski definition) is 6. The molecule has 0 radical (unpaired) electrons. The molecule has 0 amide bonds. The van der Waals surface area contributed by atoms with Crippen molar-refractivity contribution in [3.63, 3.8) is 0 Å². The van der Waals surface area contributed by atoms with Crippen LogP contribution in [0.5, 0.6) is 11.5 Å². The summed E-state index contributed by atoms with van der Waals surface area (Å²) in [4.78, 5) is 23.5. The highest BCUT2D eigenvalue weighted by molar-refractivity contribution is 7.99.